The first-order valence-corrected chi connectivity index (χ1v) is 9.21. The van der Waals surface area contributed by atoms with Crippen LogP contribution in [-0.4, -0.2) is 34.2 Å². The zero-order valence-corrected chi connectivity index (χ0v) is 15.9. The number of hydrogen-bond donors (Lipinski definition) is 2. The Balaban J connectivity index is 1.68. The molecule has 0 saturated heterocycles. The molecule has 2 aromatic carbocycles. The number of nitrogens with one attached hydrogen (secondary N) is 1. The molecule has 2 heterocycles. The monoisotopic (exact) mass is 387 g/mol. The average Bonchev–Trinajstić information content (AvgIpc) is 3.18. The summed E-state index contributed by atoms with van der Waals surface area (Å²) in [6.45, 7) is 0.382. The zero-order valence-electron chi connectivity index (χ0n) is 15.9. The summed E-state index contributed by atoms with van der Waals surface area (Å²) in [5, 5.41) is 3.91. The summed E-state index contributed by atoms with van der Waals surface area (Å²) in [7, 11) is 1.62. The minimum Gasteiger partial charge on any atom is -0.382 e. The summed E-state index contributed by atoms with van der Waals surface area (Å²) in [5.41, 5.74) is 8.15. The molecule has 0 aliphatic heterocycles. The van der Waals surface area contributed by atoms with Gasteiger partial charge in [0.1, 0.15) is 5.82 Å². The van der Waals surface area contributed by atoms with Gasteiger partial charge in [-0.3, -0.25) is 4.79 Å². The van der Waals surface area contributed by atoms with E-state index in [0.717, 1.165) is 16.5 Å². The third-order valence-electron chi connectivity index (χ3n) is 4.72. The average molecular weight is 387 g/mol. The number of carbonyl (C=O) groups excluding carboxylic acids is 1. The lowest BCUT2D eigenvalue weighted by Gasteiger charge is -2.19. The van der Waals surface area contributed by atoms with Crippen molar-refractivity contribution in [2.24, 2.45) is 0 Å². The lowest BCUT2D eigenvalue weighted by molar-refractivity contribution is 0.0898. The summed E-state index contributed by atoms with van der Waals surface area (Å²) in [6, 6.07) is 18.8. The maximum atomic E-state index is 13.1. The lowest BCUT2D eigenvalue weighted by atomic mass is 10.1. The van der Waals surface area contributed by atoms with Crippen molar-refractivity contribution in [1.29, 1.82) is 0 Å². The van der Waals surface area contributed by atoms with Crippen LogP contribution >= 0.6 is 0 Å². The largest absolute Gasteiger partial charge is 0.382 e. The van der Waals surface area contributed by atoms with E-state index in [4.69, 9.17) is 10.5 Å². The summed E-state index contributed by atoms with van der Waals surface area (Å²) < 4.78 is 7.19. The molecule has 4 aromatic rings. The molecular formula is C22H21N5O2. The molecule has 3 N–H and O–H groups in total. The van der Waals surface area contributed by atoms with Crippen molar-refractivity contribution in [3.8, 4) is 5.82 Å². The molecule has 0 spiro atoms. The number of rotatable bonds is 6. The standard InChI is InChI=1S/C22H21N5O2/c1-29-14-18(15-6-3-2-4-7-15)25-21(28)17-8-5-9-19-16(17)11-13-27(19)20-10-12-24-22(23)26-20/h2-13,18H,14H2,1H3,(H,25,28)(H2,23,24,26). The van der Waals surface area contributed by atoms with Crippen LogP contribution in [0.25, 0.3) is 16.7 Å². The van der Waals surface area contributed by atoms with E-state index in [0.29, 0.717) is 18.0 Å². The van der Waals surface area contributed by atoms with Crippen LogP contribution in [0.5, 0.6) is 0 Å². The highest BCUT2D eigenvalue weighted by Crippen LogP contribution is 2.24. The molecule has 7 nitrogen and oxygen atoms in total. The Kier molecular flexibility index (Phi) is 5.22. The van der Waals surface area contributed by atoms with E-state index in [1.807, 2.05) is 65.4 Å². The van der Waals surface area contributed by atoms with Crippen LogP contribution in [0.4, 0.5) is 5.95 Å². The molecule has 1 unspecified atom stereocenters. The molecule has 146 valence electrons. The predicted molar refractivity (Wildman–Crippen MR) is 112 cm³/mol. The number of hydrogen-bond acceptors (Lipinski definition) is 5. The number of nitrogens with zero attached hydrogens (tertiary/aromatic N) is 3. The lowest BCUT2D eigenvalue weighted by Crippen LogP contribution is -2.31. The van der Waals surface area contributed by atoms with Gasteiger partial charge in [-0.1, -0.05) is 36.4 Å². The van der Waals surface area contributed by atoms with Gasteiger partial charge in [0.25, 0.3) is 5.91 Å². The van der Waals surface area contributed by atoms with E-state index < -0.39 is 0 Å². The molecule has 0 radical (unpaired) electrons. The van der Waals surface area contributed by atoms with Crippen LogP contribution in [0.15, 0.2) is 73.1 Å². The Morgan fingerprint density at radius 1 is 1.14 bits per heavy atom. The molecule has 0 aliphatic rings. The van der Waals surface area contributed by atoms with Gasteiger partial charge in [0.05, 0.1) is 18.2 Å². The summed E-state index contributed by atoms with van der Waals surface area (Å²) in [4.78, 5) is 21.3. The third-order valence-corrected chi connectivity index (χ3v) is 4.72. The first-order valence-electron chi connectivity index (χ1n) is 9.21. The summed E-state index contributed by atoms with van der Waals surface area (Å²) in [5.74, 6) is 0.677. The molecule has 1 amide bonds. The number of aromatic nitrogens is 3. The van der Waals surface area contributed by atoms with E-state index in [1.165, 1.54) is 0 Å². The number of methoxy groups -OCH3 is 1. The maximum absolute atomic E-state index is 13.1. The normalized spacial score (nSPS) is 12.0. The van der Waals surface area contributed by atoms with E-state index in [9.17, 15) is 4.79 Å². The number of nitrogen functional groups attached to an aromatic ring is 1. The number of anilines is 1. The van der Waals surface area contributed by atoms with Crippen molar-refractivity contribution in [3.05, 3.63) is 84.2 Å². The highest BCUT2D eigenvalue weighted by atomic mass is 16.5. The van der Waals surface area contributed by atoms with E-state index in [2.05, 4.69) is 15.3 Å². The summed E-state index contributed by atoms with van der Waals surface area (Å²) in [6.07, 6.45) is 3.47. The Morgan fingerprint density at radius 2 is 1.97 bits per heavy atom. The van der Waals surface area contributed by atoms with Crippen molar-refractivity contribution in [2.45, 2.75) is 6.04 Å². The summed E-state index contributed by atoms with van der Waals surface area (Å²) >= 11 is 0. The molecule has 0 aliphatic carbocycles. The Labute approximate surface area is 168 Å². The first-order chi connectivity index (χ1) is 14.2. The third kappa shape index (κ3) is 3.81. The second-order valence-electron chi connectivity index (χ2n) is 6.59. The highest BCUT2D eigenvalue weighted by Gasteiger charge is 2.18. The number of amides is 1. The highest BCUT2D eigenvalue weighted by molar-refractivity contribution is 6.07. The maximum Gasteiger partial charge on any atom is 0.252 e. The van der Waals surface area contributed by atoms with E-state index >= 15 is 0 Å². The fourth-order valence-electron chi connectivity index (χ4n) is 3.37. The second kappa shape index (κ2) is 8.12. The van der Waals surface area contributed by atoms with Gasteiger partial charge in [-0.05, 0) is 29.8 Å². The molecule has 7 heteroatoms. The van der Waals surface area contributed by atoms with Gasteiger partial charge in [0.2, 0.25) is 5.95 Å². The van der Waals surface area contributed by atoms with Gasteiger partial charge in [-0.15, -0.1) is 0 Å². The molecule has 29 heavy (non-hydrogen) atoms. The van der Waals surface area contributed by atoms with E-state index in [-0.39, 0.29) is 17.9 Å². The smallest absolute Gasteiger partial charge is 0.252 e. The first kappa shape index (κ1) is 18.6. The minimum atomic E-state index is -0.243. The number of nitrogens with two attached hydrogens (primary N) is 1. The van der Waals surface area contributed by atoms with Gasteiger partial charge in [-0.2, -0.15) is 4.98 Å². The fraction of sp³-hybridized carbons (Fsp3) is 0.136. The topological polar surface area (TPSA) is 95.1 Å². The zero-order chi connectivity index (χ0) is 20.2. The molecule has 0 saturated carbocycles. The predicted octanol–water partition coefficient (Wildman–Crippen LogP) is 3.12. The van der Waals surface area contributed by atoms with Crippen molar-refractivity contribution < 1.29 is 9.53 Å². The van der Waals surface area contributed by atoms with Gasteiger partial charge in [0.15, 0.2) is 0 Å². The Morgan fingerprint density at radius 3 is 2.72 bits per heavy atom. The Hall–Kier alpha value is -3.71. The van der Waals surface area contributed by atoms with Crippen LogP contribution in [0.3, 0.4) is 0 Å². The molecule has 1 atom stereocenters. The second-order valence-corrected chi connectivity index (χ2v) is 6.59. The van der Waals surface area contributed by atoms with Gasteiger partial charge >= 0.3 is 0 Å². The molecule has 4 rings (SSSR count). The van der Waals surface area contributed by atoms with Crippen LogP contribution in [0.1, 0.15) is 22.0 Å². The quantitative estimate of drug-likeness (QED) is 0.530. The molecular weight excluding hydrogens is 366 g/mol. The molecule has 2 aromatic heterocycles. The number of carbonyl (C=O) groups is 1. The van der Waals surface area contributed by atoms with Crippen LogP contribution < -0.4 is 11.1 Å². The SMILES string of the molecule is COCC(NC(=O)c1cccc2c1ccn2-c1ccnc(N)n1)c1ccccc1. The Bertz CT molecular complexity index is 1140. The van der Waals surface area contributed by atoms with Gasteiger partial charge in [-0.25, -0.2) is 4.98 Å². The van der Waals surface area contributed by atoms with Crippen LogP contribution in [0.2, 0.25) is 0 Å². The van der Waals surface area contributed by atoms with Crippen LogP contribution in [0, 0.1) is 0 Å². The van der Waals surface area contributed by atoms with Crippen molar-refractivity contribution in [2.75, 3.05) is 19.5 Å². The van der Waals surface area contributed by atoms with Crippen molar-refractivity contribution in [1.82, 2.24) is 19.9 Å². The van der Waals surface area contributed by atoms with Crippen LogP contribution in [-0.2, 0) is 4.74 Å². The van der Waals surface area contributed by atoms with Crippen molar-refractivity contribution >= 4 is 22.8 Å². The number of benzene rings is 2. The number of ether oxygens (including phenoxy) is 1. The van der Waals surface area contributed by atoms with Crippen molar-refractivity contribution in [3.63, 3.8) is 0 Å². The number of fused-ring (bicyclic) bond motifs is 1. The molecule has 0 bridgehead atoms. The minimum absolute atomic E-state index is 0.165. The van der Waals surface area contributed by atoms with Gasteiger partial charge < -0.3 is 20.4 Å². The van der Waals surface area contributed by atoms with Gasteiger partial charge in [0, 0.05) is 30.5 Å². The fourth-order valence-corrected chi connectivity index (χ4v) is 3.37. The van der Waals surface area contributed by atoms with E-state index in [1.54, 1.807) is 19.4 Å². The molecule has 0 fully saturated rings.